The molecule has 138 valence electrons. The summed E-state index contributed by atoms with van der Waals surface area (Å²) in [6, 6.07) is 16.6. The van der Waals surface area contributed by atoms with Crippen LogP contribution in [0.2, 0.25) is 0 Å². The first-order chi connectivity index (χ1) is 12.7. The summed E-state index contributed by atoms with van der Waals surface area (Å²) >= 11 is 1.70. The molecule has 0 spiro atoms. The van der Waals surface area contributed by atoms with Gasteiger partial charge in [-0.25, -0.2) is 0 Å². The molecule has 0 N–H and O–H groups in total. The highest BCUT2D eigenvalue weighted by atomic mass is 32.2. The van der Waals surface area contributed by atoms with Crippen LogP contribution in [0.3, 0.4) is 0 Å². The molecule has 3 rings (SSSR count). The molecular weight excluding hydrogens is 344 g/mol. The number of benzene rings is 2. The lowest BCUT2D eigenvalue weighted by Crippen LogP contribution is -2.49. The van der Waals surface area contributed by atoms with Gasteiger partial charge in [-0.05, 0) is 36.8 Å². The molecule has 0 atom stereocenters. The molecule has 1 heterocycles. The molecule has 1 aliphatic rings. The van der Waals surface area contributed by atoms with Crippen LogP contribution in [0, 0.1) is 6.92 Å². The van der Waals surface area contributed by atoms with Gasteiger partial charge in [0.2, 0.25) is 5.91 Å². The number of ether oxygens (including phenoxy) is 1. The number of anilines is 1. The Bertz CT molecular complexity index is 725. The molecule has 1 saturated heterocycles. The van der Waals surface area contributed by atoms with Crippen LogP contribution in [0.1, 0.15) is 11.1 Å². The largest absolute Gasteiger partial charge is 0.497 e. The van der Waals surface area contributed by atoms with Gasteiger partial charge in [0.05, 0.1) is 12.9 Å². The predicted molar refractivity (Wildman–Crippen MR) is 109 cm³/mol. The van der Waals surface area contributed by atoms with Gasteiger partial charge in [0, 0.05) is 37.6 Å². The molecule has 0 saturated carbocycles. The number of piperazine rings is 1. The van der Waals surface area contributed by atoms with Gasteiger partial charge < -0.3 is 14.5 Å². The smallest absolute Gasteiger partial charge is 0.232 e. The van der Waals surface area contributed by atoms with Crippen LogP contribution in [-0.4, -0.2) is 49.8 Å². The van der Waals surface area contributed by atoms with E-state index in [0.717, 1.165) is 37.7 Å². The Morgan fingerprint density at radius 1 is 1.08 bits per heavy atom. The highest BCUT2D eigenvalue weighted by molar-refractivity contribution is 7.99. The molecule has 1 fully saturated rings. The summed E-state index contributed by atoms with van der Waals surface area (Å²) in [4.78, 5) is 16.8. The van der Waals surface area contributed by atoms with Crippen LogP contribution in [0.4, 0.5) is 5.69 Å². The molecule has 26 heavy (non-hydrogen) atoms. The zero-order valence-corrected chi connectivity index (χ0v) is 16.3. The second-order valence-corrected chi connectivity index (χ2v) is 7.53. The molecule has 5 heteroatoms. The number of carbonyl (C=O) groups is 1. The zero-order chi connectivity index (χ0) is 18.4. The highest BCUT2D eigenvalue weighted by Crippen LogP contribution is 2.21. The number of hydrogen-bond acceptors (Lipinski definition) is 4. The van der Waals surface area contributed by atoms with E-state index in [1.54, 1.807) is 18.9 Å². The number of aryl methyl sites for hydroxylation is 1. The molecule has 2 aromatic rings. The third-order valence-corrected chi connectivity index (χ3v) is 5.64. The topological polar surface area (TPSA) is 32.8 Å². The number of thioether (sulfide) groups is 1. The number of hydrogen-bond donors (Lipinski definition) is 0. The quantitative estimate of drug-likeness (QED) is 0.778. The molecular formula is C21H26N2O2S. The summed E-state index contributed by atoms with van der Waals surface area (Å²) in [6.07, 6.45) is 0. The van der Waals surface area contributed by atoms with Crippen molar-refractivity contribution in [1.82, 2.24) is 4.90 Å². The molecule has 1 amide bonds. The number of amides is 1. The fourth-order valence-electron chi connectivity index (χ4n) is 3.16. The van der Waals surface area contributed by atoms with E-state index in [0.29, 0.717) is 5.75 Å². The predicted octanol–water partition coefficient (Wildman–Crippen LogP) is 3.59. The van der Waals surface area contributed by atoms with Gasteiger partial charge >= 0.3 is 0 Å². The molecule has 2 aromatic carbocycles. The second kappa shape index (κ2) is 8.99. The van der Waals surface area contributed by atoms with E-state index < -0.39 is 0 Å². The van der Waals surface area contributed by atoms with Gasteiger partial charge in [-0.2, -0.15) is 0 Å². The van der Waals surface area contributed by atoms with Gasteiger partial charge in [0.15, 0.2) is 0 Å². The lowest BCUT2D eigenvalue weighted by atomic mass is 10.2. The third-order valence-electron chi connectivity index (χ3n) is 4.65. The fraction of sp³-hybridized carbons (Fsp3) is 0.381. The van der Waals surface area contributed by atoms with Crippen molar-refractivity contribution in [2.24, 2.45) is 0 Å². The molecule has 0 unspecified atom stereocenters. The summed E-state index contributed by atoms with van der Waals surface area (Å²) < 4.78 is 5.21. The van der Waals surface area contributed by atoms with Crippen LogP contribution in [0.25, 0.3) is 0 Å². The van der Waals surface area contributed by atoms with Crippen LogP contribution >= 0.6 is 11.8 Å². The maximum atomic E-state index is 12.5. The second-order valence-electron chi connectivity index (χ2n) is 6.55. The highest BCUT2D eigenvalue weighted by Gasteiger charge is 2.21. The fourth-order valence-corrected chi connectivity index (χ4v) is 4.03. The Morgan fingerprint density at radius 3 is 2.46 bits per heavy atom. The minimum atomic E-state index is 0.247. The van der Waals surface area contributed by atoms with Crippen molar-refractivity contribution < 1.29 is 9.53 Å². The Labute approximate surface area is 160 Å². The van der Waals surface area contributed by atoms with Crippen LogP contribution in [0.5, 0.6) is 5.75 Å². The van der Waals surface area contributed by atoms with E-state index >= 15 is 0 Å². The van der Waals surface area contributed by atoms with E-state index in [4.69, 9.17) is 4.74 Å². The molecule has 0 aliphatic carbocycles. The lowest BCUT2D eigenvalue weighted by molar-refractivity contribution is -0.128. The number of carbonyl (C=O) groups excluding carboxylic acids is 1. The van der Waals surface area contributed by atoms with Crippen molar-refractivity contribution in [1.29, 1.82) is 0 Å². The van der Waals surface area contributed by atoms with Gasteiger partial charge in [-0.1, -0.05) is 29.8 Å². The third kappa shape index (κ3) is 4.94. The maximum Gasteiger partial charge on any atom is 0.232 e. The van der Waals surface area contributed by atoms with E-state index in [1.807, 2.05) is 17.0 Å². The van der Waals surface area contributed by atoms with E-state index in [1.165, 1.54) is 16.8 Å². The van der Waals surface area contributed by atoms with Gasteiger partial charge in [-0.3, -0.25) is 4.79 Å². The van der Waals surface area contributed by atoms with Crippen molar-refractivity contribution in [3.63, 3.8) is 0 Å². The molecule has 0 aromatic heterocycles. The average molecular weight is 371 g/mol. The zero-order valence-electron chi connectivity index (χ0n) is 15.5. The standard InChI is InChI=1S/C21H26N2O2S/c1-17-4-3-5-18(14-17)15-26-16-21(24)23-12-10-22(11-13-23)19-6-8-20(25-2)9-7-19/h3-9,14H,10-13,15-16H2,1-2H3. The van der Waals surface area contributed by atoms with E-state index in [9.17, 15) is 4.79 Å². The molecule has 0 radical (unpaired) electrons. The monoisotopic (exact) mass is 370 g/mol. The van der Waals surface area contributed by atoms with Crippen molar-refractivity contribution in [2.75, 3.05) is 43.9 Å². The number of nitrogens with zero attached hydrogens (tertiary/aromatic N) is 2. The summed E-state index contributed by atoms with van der Waals surface area (Å²) in [5.41, 5.74) is 3.74. The normalized spacial score (nSPS) is 14.4. The first kappa shape index (κ1) is 18.6. The maximum absolute atomic E-state index is 12.5. The Hall–Kier alpha value is -2.14. The average Bonchev–Trinajstić information content (AvgIpc) is 2.68. The summed E-state index contributed by atoms with van der Waals surface area (Å²) in [6.45, 7) is 5.43. The SMILES string of the molecule is COc1ccc(N2CCN(C(=O)CSCc3cccc(C)c3)CC2)cc1. The first-order valence-electron chi connectivity index (χ1n) is 8.96. The number of rotatable bonds is 6. The Kier molecular flexibility index (Phi) is 6.45. The Balaban J connectivity index is 1.43. The number of methoxy groups -OCH3 is 1. The van der Waals surface area contributed by atoms with E-state index in [2.05, 4.69) is 48.2 Å². The Morgan fingerprint density at radius 2 is 1.81 bits per heavy atom. The minimum absolute atomic E-state index is 0.247. The van der Waals surface area contributed by atoms with Crippen LogP contribution < -0.4 is 9.64 Å². The minimum Gasteiger partial charge on any atom is -0.497 e. The molecule has 1 aliphatic heterocycles. The van der Waals surface area contributed by atoms with E-state index in [-0.39, 0.29) is 5.91 Å². The van der Waals surface area contributed by atoms with Crippen molar-refractivity contribution in [3.05, 3.63) is 59.7 Å². The molecule has 0 bridgehead atoms. The van der Waals surface area contributed by atoms with Crippen molar-refractivity contribution >= 4 is 23.4 Å². The van der Waals surface area contributed by atoms with Gasteiger partial charge in [0.1, 0.15) is 5.75 Å². The van der Waals surface area contributed by atoms with Gasteiger partial charge in [0.25, 0.3) is 0 Å². The summed E-state index contributed by atoms with van der Waals surface area (Å²) in [7, 11) is 1.68. The first-order valence-corrected chi connectivity index (χ1v) is 10.1. The van der Waals surface area contributed by atoms with Crippen LogP contribution in [-0.2, 0) is 10.5 Å². The molecule has 4 nitrogen and oxygen atoms in total. The van der Waals surface area contributed by atoms with Crippen LogP contribution in [0.15, 0.2) is 48.5 Å². The summed E-state index contributed by atoms with van der Waals surface area (Å²) in [5.74, 6) is 2.56. The van der Waals surface area contributed by atoms with Gasteiger partial charge in [-0.15, -0.1) is 11.8 Å². The van der Waals surface area contributed by atoms with Crippen molar-refractivity contribution in [3.8, 4) is 5.75 Å². The lowest BCUT2D eigenvalue weighted by Gasteiger charge is -2.36. The summed E-state index contributed by atoms with van der Waals surface area (Å²) in [5, 5.41) is 0. The van der Waals surface area contributed by atoms with Crippen molar-refractivity contribution in [2.45, 2.75) is 12.7 Å².